The molecule has 0 unspecified atom stereocenters. The van der Waals surface area contributed by atoms with Crippen LogP contribution in [-0.2, 0) is 0 Å². The van der Waals surface area contributed by atoms with E-state index in [1.165, 1.54) is 12.8 Å². The third-order valence-corrected chi connectivity index (χ3v) is 2.75. The summed E-state index contributed by atoms with van der Waals surface area (Å²) < 4.78 is 0. The number of hydrogen-bond acceptors (Lipinski definition) is 2. The van der Waals surface area contributed by atoms with Crippen molar-refractivity contribution in [2.75, 3.05) is 11.9 Å². The van der Waals surface area contributed by atoms with Crippen molar-refractivity contribution in [2.24, 2.45) is 5.73 Å². The van der Waals surface area contributed by atoms with E-state index >= 15 is 0 Å². The van der Waals surface area contributed by atoms with Gasteiger partial charge in [0.2, 0.25) is 0 Å². The third-order valence-electron chi connectivity index (χ3n) is 2.50. The molecule has 0 heterocycles. The lowest BCUT2D eigenvalue weighted by molar-refractivity contribution is 0.742. The van der Waals surface area contributed by atoms with Crippen molar-refractivity contribution < 1.29 is 0 Å². The van der Waals surface area contributed by atoms with Gasteiger partial charge in [-0.15, -0.1) is 0 Å². The molecular formula is C10H13ClN2. The first-order chi connectivity index (χ1) is 6.24. The Bertz CT molecular complexity index is 290. The molecule has 1 aliphatic carbocycles. The molecule has 2 nitrogen and oxygen atoms in total. The molecule has 3 heteroatoms. The van der Waals surface area contributed by atoms with Gasteiger partial charge in [-0.2, -0.15) is 0 Å². The van der Waals surface area contributed by atoms with Crippen molar-refractivity contribution in [1.29, 1.82) is 0 Å². The summed E-state index contributed by atoms with van der Waals surface area (Å²) in [5, 5.41) is 4.19. The van der Waals surface area contributed by atoms with Gasteiger partial charge in [0.15, 0.2) is 0 Å². The summed E-state index contributed by atoms with van der Waals surface area (Å²) in [4.78, 5) is 0. The van der Waals surface area contributed by atoms with Crippen molar-refractivity contribution in [3.63, 3.8) is 0 Å². The van der Waals surface area contributed by atoms with Crippen LogP contribution in [0.25, 0.3) is 0 Å². The quantitative estimate of drug-likeness (QED) is 0.778. The van der Waals surface area contributed by atoms with Crippen LogP contribution in [0.1, 0.15) is 12.8 Å². The van der Waals surface area contributed by atoms with Crippen LogP contribution < -0.4 is 11.1 Å². The third kappa shape index (κ3) is 1.95. The lowest BCUT2D eigenvalue weighted by Gasteiger charge is -2.16. The molecule has 0 bridgehead atoms. The molecule has 1 aliphatic rings. The summed E-state index contributed by atoms with van der Waals surface area (Å²) in [6.45, 7) is 0.704. The van der Waals surface area contributed by atoms with Gasteiger partial charge in [-0.1, -0.05) is 11.6 Å². The standard InChI is InChI=1S/C10H13ClN2/c11-8-1-3-9(4-2-8)13-10(7-12)5-6-10/h1-4,13H,5-7,12H2. The first-order valence-electron chi connectivity index (χ1n) is 4.48. The van der Waals surface area contributed by atoms with E-state index < -0.39 is 0 Å². The van der Waals surface area contributed by atoms with Gasteiger partial charge in [0.25, 0.3) is 0 Å². The van der Waals surface area contributed by atoms with Gasteiger partial charge in [0, 0.05) is 22.8 Å². The average molecular weight is 197 g/mol. The molecule has 1 aromatic carbocycles. The Balaban J connectivity index is 2.06. The first-order valence-corrected chi connectivity index (χ1v) is 4.86. The van der Waals surface area contributed by atoms with Crippen molar-refractivity contribution in [3.8, 4) is 0 Å². The van der Waals surface area contributed by atoms with Crippen LogP contribution in [-0.4, -0.2) is 12.1 Å². The summed E-state index contributed by atoms with van der Waals surface area (Å²) in [5.41, 5.74) is 6.94. The molecule has 0 radical (unpaired) electrons. The highest BCUT2D eigenvalue weighted by atomic mass is 35.5. The van der Waals surface area contributed by atoms with Crippen LogP contribution in [0.2, 0.25) is 5.02 Å². The maximum Gasteiger partial charge on any atom is 0.0497 e. The van der Waals surface area contributed by atoms with Crippen molar-refractivity contribution >= 4 is 17.3 Å². The second-order valence-electron chi connectivity index (χ2n) is 3.62. The molecule has 0 atom stereocenters. The number of hydrogen-bond donors (Lipinski definition) is 2. The zero-order valence-electron chi connectivity index (χ0n) is 7.39. The molecule has 70 valence electrons. The van der Waals surface area contributed by atoms with E-state index in [2.05, 4.69) is 5.32 Å². The molecule has 0 aliphatic heterocycles. The van der Waals surface area contributed by atoms with Gasteiger partial charge in [-0.25, -0.2) is 0 Å². The van der Waals surface area contributed by atoms with Crippen LogP contribution >= 0.6 is 11.6 Å². The van der Waals surface area contributed by atoms with Crippen LogP contribution in [0.15, 0.2) is 24.3 Å². The molecule has 0 aromatic heterocycles. The predicted molar refractivity (Wildman–Crippen MR) is 56.1 cm³/mol. The molecule has 3 N–H and O–H groups in total. The minimum Gasteiger partial charge on any atom is -0.378 e. The summed E-state index contributed by atoms with van der Waals surface area (Å²) in [6.07, 6.45) is 2.35. The largest absolute Gasteiger partial charge is 0.378 e. The highest BCUT2D eigenvalue weighted by Gasteiger charge is 2.40. The Morgan fingerprint density at radius 1 is 1.31 bits per heavy atom. The number of nitrogens with two attached hydrogens (primary N) is 1. The summed E-state index contributed by atoms with van der Waals surface area (Å²) in [6, 6.07) is 7.74. The Labute approximate surface area is 83.1 Å². The van der Waals surface area contributed by atoms with Crippen molar-refractivity contribution in [1.82, 2.24) is 0 Å². The van der Waals surface area contributed by atoms with Gasteiger partial charge in [-0.3, -0.25) is 0 Å². The fraction of sp³-hybridized carbons (Fsp3) is 0.400. The summed E-state index contributed by atoms with van der Waals surface area (Å²) in [7, 11) is 0. The van der Waals surface area contributed by atoms with Gasteiger partial charge in [0.05, 0.1) is 0 Å². The number of halogens is 1. The highest BCUT2D eigenvalue weighted by molar-refractivity contribution is 6.30. The molecule has 1 saturated carbocycles. The summed E-state index contributed by atoms with van der Waals surface area (Å²) >= 11 is 5.78. The summed E-state index contributed by atoms with van der Waals surface area (Å²) in [5.74, 6) is 0. The predicted octanol–water partition coefficient (Wildman–Crippen LogP) is 2.24. The van der Waals surface area contributed by atoms with E-state index in [0.717, 1.165) is 10.7 Å². The minimum atomic E-state index is 0.174. The van der Waals surface area contributed by atoms with Gasteiger partial charge in [-0.05, 0) is 37.1 Å². The van der Waals surface area contributed by atoms with Crippen LogP contribution in [0, 0.1) is 0 Å². The molecule has 0 saturated heterocycles. The maximum atomic E-state index is 5.78. The van der Waals surface area contributed by atoms with E-state index in [4.69, 9.17) is 17.3 Å². The Morgan fingerprint density at radius 2 is 1.92 bits per heavy atom. The van der Waals surface area contributed by atoms with Crippen LogP contribution in [0.5, 0.6) is 0 Å². The zero-order valence-corrected chi connectivity index (χ0v) is 8.14. The van der Waals surface area contributed by atoms with Crippen LogP contribution in [0.3, 0.4) is 0 Å². The SMILES string of the molecule is NCC1(Nc2ccc(Cl)cc2)CC1. The fourth-order valence-electron chi connectivity index (χ4n) is 1.37. The second-order valence-corrected chi connectivity index (χ2v) is 4.05. The first kappa shape index (κ1) is 8.85. The number of rotatable bonds is 3. The highest BCUT2D eigenvalue weighted by Crippen LogP contribution is 2.37. The molecule has 2 rings (SSSR count). The second kappa shape index (κ2) is 3.20. The molecule has 1 fully saturated rings. The average Bonchev–Trinajstić information content (AvgIpc) is 2.90. The lowest BCUT2D eigenvalue weighted by Crippen LogP contribution is -2.30. The van der Waals surface area contributed by atoms with E-state index in [1.807, 2.05) is 24.3 Å². The molecule has 13 heavy (non-hydrogen) atoms. The number of anilines is 1. The van der Waals surface area contributed by atoms with E-state index in [1.54, 1.807) is 0 Å². The normalized spacial score (nSPS) is 18.3. The van der Waals surface area contributed by atoms with Crippen molar-refractivity contribution in [2.45, 2.75) is 18.4 Å². The van der Waals surface area contributed by atoms with Gasteiger partial charge in [0.1, 0.15) is 0 Å². The zero-order chi connectivity index (χ0) is 9.31. The lowest BCUT2D eigenvalue weighted by atomic mass is 10.2. The number of benzene rings is 1. The topological polar surface area (TPSA) is 38.0 Å². The maximum absolute atomic E-state index is 5.78. The van der Waals surface area contributed by atoms with E-state index in [-0.39, 0.29) is 5.54 Å². The molecule has 0 spiro atoms. The molecule has 0 amide bonds. The molecule has 1 aromatic rings. The van der Waals surface area contributed by atoms with E-state index in [0.29, 0.717) is 6.54 Å². The van der Waals surface area contributed by atoms with Gasteiger partial charge >= 0.3 is 0 Å². The van der Waals surface area contributed by atoms with Crippen LogP contribution in [0.4, 0.5) is 5.69 Å². The Hall–Kier alpha value is -0.730. The van der Waals surface area contributed by atoms with Gasteiger partial charge < -0.3 is 11.1 Å². The number of nitrogens with one attached hydrogen (secondary N) is 1. The minimum absolute atomic E-state index is 0.174. The smallest absolute Gasteiger partial charge is 0.0497 e. The Kier molecular flexibility index (Phi) is 2.18. The fourth-order valence-corrected chi connectivity index (χ4v) is 1.50. The Morgan fingerprint density at radius 3 is 2.38 bits per heavy atom. The monoisotopic (exact) mass is 196 g/mol. The van der Waals surface area contributed by atoms with E-state index in [9.17, 15) is 0 Å². The molecular weight excluding hydrogens is 184 g/mol. The van der Waals surface area contributed by atoms with Crippen molar-refractivity contribution in [3.05, 3.63) is 29.3 Å².